The van der Waals surface area contributed by atoms with Crippen molar-refractivity contribution in [2.75, 3.05) is 40.0 Å². The molecule has 0 heterocycles. The molecule has 2 N–H and O–H groups in total. The Morgan fingerprint density at radius 1 is 1.19 bits per heavy atom. The summed E-state index contributed by atoms with van der Waals surface area (Å²) in [6.45, 7) is 2.52. The van der Waals surface area contributed by atoms with Crippen molar-refractivity contribution in [2.24, 2.45) is 4.99 Å². The minimum absolute atomic E-state index is 0. The van der Waals surface area contributed by atoms with Gasteiger partial charge in [0.2, 0.25) is 0 Å². The molecular formula is C17H27F3IN3O2. The van der Waals surface area contributed by atoms with Gasteiger partial charge in [-0.2, -0.15) is 13.2 Å². The smallest absolute Gasteiger partial charge is 0.411 e. The number of hydrogen-bond acceptors (Lipinski definition) is 3. The maximum Gasteiger partial charge on any atom is 0.411 e. The molecule has 0 saturated heterocycles. The number of benzene rings is 1. The Morgan fingerprint density at radius 2 is 1.92 bits per heavy atom. The van der Waals surface area contributed by atoms with Crippen molar-refractivity contribution in [3.63, 3.8) is 0 Å². The molecule has 150 valence electrons. The normalized spacial score (nSPS) is 11.7. The molecule has 0 radical (unpaired) electrons. The highest BCUT2D eigenvalue weighted by atomic mass is 127. The van der Waals surface area contributed by atoms with Crippen LogP contribution in [0.1, 0.15) is 18.9 Å². The molecule has 0 amide bonds. The summed E-state index contributed by atoms with van der Waals surface area (Å²) in [5.41, 5.74) is 1.09. The van der Waals surface area contributed by atoms with Crippen molar-refractivity contribution in [3.05, 3.63) is 29.8 Å². The van der Waals surface area contributed by atoms with Crippen LogP contribution in [0.15, 0.2) is 29.3 Å². The Morgan fingerprint density at radius 3 is 2.58 bits per heavy atom. The van der Waals surface area contributed by atoms with E-state index in [0.29, 0.717) is 32.0 Å². The lowest BCUT2D eigenvalue weighted by Crippen LogP contribution is -2.38. The highest BCUT2D eigenvalue weighted by Crippen LogP contribution is 2.17. The maximum absolute atomic E-state index is 11.9. The third kappa shape index (κ3) is 11.4. The number of aliphatic imine (C=N–C) groups is 1. The molecule has 0 spiro atoms. The number of guanidine groups is 1. The van der Waals surface area contributed by atoms with Crippen LogP contribution < -0.4 is 15.4 Å². The van der Waals surface area contributed by atoms with Gasteiger partial charge in [-0.25, -0.2) is 0 Å². The third-order valence-electron chi connectivity index (χ3n) is 3.21. The number of rotatable bonds is 10. The van der Waals surface area contributed by atoms with Gasteiger partial charge in [0.25, 0.3) is 0 Å². The number of nitrogens with one attached hydrogen (secondary N) is 2. The molecule has 0 unspecified atom stereocenters. The summed E-state index contributed by atoms with van der Waals surface area (Å²) in [5, 5.41) is 6.30. The van der Waals surface area contributed by atoms with E-state index in [2.05, 4.69) is 20.4 Å². The summed E-state index contributed by atoms with van der Waals surface area (Å²) in [7, 11) is 1.64. The largest absolute Gasteiger partial charge is 0.496 e. The second-order valence-corrected chi connectivity index (χ2v) is 5.27. The van der Waals surface area contributed by atoms with Gasteiger partial charge >= 0.3 is 6.18 Å². The number of nitrogens with zero attached hydrogens (tertiary/aromatic N) is 1. The van der Waals surface area contributed by atoms with Crippen LogP contribution in [0.4, 0.5) is 13.2 Å². The van der Waals surface area contributed by atoms with Gasteiger partial charge in [0.05, 0.1) is 7.11 Å². The first-order valence-electron chi connectivity index (χ1n) is 8.25. The molecule has 1 aromatic carbocycles. The monoisotopic (exact) mass is 489 g/mol. The number of alkyl halides is 3. The second-order valence-electron chi connectivity index (χ2n) is 5.27. The van der Waals surface area contributed by atoms with E-state index >= 15 is 0 Å². The lowest BCUT2D eigenvalue weighted by atomic mass is 10.1. The summed E-state index contributed by atoms with van der Waals surface area (Å²) in [6.07, 6.45) is -3.08. The minimum Gasteiger partial charge on any atom is -0.496 e. The fourth-order valence-corrected chi connectivity index (χ4v) is 2.11. The quantitative estimate of drug-likeness (QED) is 0.229. The molecule has 1 rings (SSSR count). The first-order chi connectivity index (χ1) is 12.0. The fourth-order valence-electron chi connectivity index (χ4n) is 2.11. The standard InChI is InChI=1S/C17H26F3N3O2.HI/c1-3-21-16(22-10-6-12-25-13-17(18,19)20)23-11-9-14-7-4-5-8-15(14)24-2;/h4-5,7-8H,3,6,9-13H2,1-2H3,(H2,21,22,23);1H. The van der Waals surface area contributed by atoms with Crippen LogP contribution in [0.5, 0.6) is 5.75 Å². The number of methoxy groups -OCH3 is 1. The van der Waals surface area contributed by atoms with Crippen molar-refractivity contribution in [2.45, 2.75) is 25.9 Å². The number of para-hydroxylation sites is 1. The predicted molar refractivity (Wildman–Crippen MR) is 108 cm³/mol. The van der Waals surface area contributed by atoms with E-state index in [-0.39, 0.29) is 30.6 Å². The van der Waals surface area contributed by atoms with E-state index in [1.165, 1.54) is 0 Å². The van der Waals surface area contributed by atoms with Crippen molar-refractivity contribution in [3.8, 4) is 5.75 Å². The van der Waals surface area contributed by atoms with Gasteiger partial charge in [-0.3, -0.25) is 4.99 Å². The van der Waals surface area contributed by atoms with E-state index in [1.54, 1.807) is 7.11 Å². The Balaban J connectivity index is 0.00000625. The van der Waals surface area contributed by atoms with E-state index in [1.807, 2.05) is 31.2 Å². The van der Waals surface area contributed by atoms with E-state index < -0.39 is 12.8 Å². The first-order valence-corrected chi connectivity index (χ1v) is 8.25. The zero-order valence-corrected chi connectivity index (χ0v) is 17.4. The number of ether oxygens (including phenoxy) is 2. The maximum atomic E-state index is 11.9. The molecule has 1 aromatic rings. The molecule has 0 aliphatic carbocycles. The topological polar surface area (TPSA) is 54.9 Å². The fraction of sp³-hybridized carbons (Fsp3) is 0.588. The van der Waals surface area contributed by atoms with Gasteiger partial charge in [0, 0.05) is 26.2 Å². The average Bonchev–Trinajstić information content (AvgIpc) is 2.57. The molecule has 0 aliphatic rings. The van der Waals surface area contributed by atoms with Crippen molar-refractivity contribution in [1.29, 1.82) is 0 Å². The predicted octanol–water partition coefficient (Wildman–Crippen LogP) is 3.38. The van der Waals surface area contributed by atoms with Gasteiger partial charge in [-0.05, 0) is 31.4 Å². The zero-order chi connectivity index (χ0) is 18.5. The van der Waals surface area contributed by atoms with Crippen LogP contribution in [0, 0.1) is 0 Å². The van der Waals surface area contributed by atoms with E-state index in [9.17, 15) is 13.2 Å². The van der Waals surface area contributed by atoms with E-state index in [4.69, 9.17) is 4.74 Å². The van der Waals surface area contributed by atoms with Crippen LogP contribution in [0.25, 0.3) is 0 Å². The molecule has 0 aromatic heterocycles. The molecule has 9 heteroatoms. The molecular weight excluding hydrogens is 462 g/mol. The van der Waals surface area contributed by atoms with Crippen LogP contribution >= 0.6 is 24.0 Å². The Hall–Kier alpha value is -1.23. The lowest BCUT2D eigenvalue weighted by molar-refractivity contribution is -0.173. The van der Waals surface area contributed by atoms with Crippen LogP contribution in [0.2, 0.25) is 0 Å². The highest BCUT2D eigenvalue weighted by molar-refractivity contribution is 14.0. The summed E-state index contributed by atoms with van der Waals surface area (Å²) < 4.78 is 45.7. The van der Waals surface area contributed by atoms with Crippen molar-refractivity contribution >= 4 is 29.9 Å². The highest BCUT2D eigenvalue weighted by Gasteiger charge is 2.27. The van der Waals surface area contributed by atoms with Gasteiger partial charge in [0.1, 0.15) is 12.4 Å². The molecule has 0 bridgehead atoms. The SMILES string of the molecule is CCNC(=NCCCOCC(F)(F)F)NCCc1ccccc1OC.I. The lowest BCUT2D eigenvalue weighted by Gasteiger charge is -2.13. The molecule has 0 atom stereocenters. The van der Waals surface area contributed by atoms with Gasteiger partial charge < -0.3 is 20.1 Å². The van der Waals surface area contributed by atoms with Crippen LogP contribution in [0.3, 0.4) is 0 Å². The summed E-state index contributed by atoms with van der Waals surface area (Å²) in [6, 6.07) is 7.79. The molecule has 5 nitrogen and oxygen atoms in total. The van der Waals surface area contributed by atoms with Gasteiger partial charge in [-0.15, -0.1) is 24.0 Å². The van der Waals surface area contributed by atoms with Crippen LogP contribution in [-0.4, -0.2) is 52.1 Å². The van der Waals surface area contributed by atoms with Crippen molar-refractivity contribution < 1.29 is 22.6 Å². The molecule has 0 fully saturated rings. The second kappa shape index (κ2) is 13.9. The third-order valence-corrected chi connectivity index (χ3v) is 3.21. The number of halogens is 4. The Kier molecular flexibility index (Phi) is 13.2. The van der Waals surface area contributed by atoms with E-state index in [0.717, 1.165) is 17.7 Å². The molecule has 0 aliphatic heterocycles. The first kappa shape index (κ1) is 24.8. The van der Waals surface area contributed by atoms with Gasteiger partial charge in [-0.1, -0.05) is 18.2 Å². The summed E-state index contributed by atoms with van der Waals surface area (Å²) in [5.74, 6) is 1.47. The van der Waals surface area contributed by atoms with Crippen LogP contribution in [-0.2, 0) is 11.2 Å². The zero-order valence-electron chi connectivity index (χ0n) is 15.1. The minimum atomic E-state index is -4.28. The Labute approximate surface area is 169 Å². The average molecular weight is 489 g/mol. The molecule has 0 saturated carbocycles. The summed E-state index contributed by atoms with van der Waals surface area (Å²) >= 11 is 0. The summed E-state index contributed by atoms with van der Waals surface area (Å²) in [4.78, 5) is 4.32. The Bertz CT molecular complexity index is 528. The number of hydrogen-bond donors (Lipinski definition) is 2. The molecule has 26 heavy (non-hydrogen) atoms. The van der Waals surface area contributed by atoms with Crippen molar-refractivity contribution in [1.82, 2.24) is 10.6 Å². The van der Waals surface area contributed by atoms with Gasteiger partial charge in [0.15, 0.2) is 5.96 Å².